The van der Waals surface area contributed by atoms with Crippen LogP contribution in [0, 0.1) is 19.8 Å². The number of aryl methyl sites for hydroxylation is 2. The van der Waals surface area contributed by atoms with Crippen molar-refractivity contribution < 1.29 is 23.5 Å². The summed E-state index contributed by atoms with van der Waals surface area (Å²) in [6.07, 6.45) is 0. The van der Waals surface area contributed by atoms with Crippen LogP contribution >= 0.6 is 0 Å². The molecule has 0 saturated carbocycles. The summed E-state index contributed by atoms with van der Waals surface area (Å²) in [7, 11) is 0. The summed E-state index contributed by atoms with van der Waals surface area (Å²) in [5.74, 6) is 0.111. The number of hydrogen-bond donors (Lipinski definition) is 3. The van der Waals surface area contributed by atoms with E-state index in [1.54, 1.807) is 58.0 Å². The summed E-state index contributed by atoms with van der Waals surface area (Å²) in [6.45, 7) is 9.40. The zero-order chi connectivity index (χ0) is 21.6. The quantitative estimate of drug-likeness (QED) is 0.618. The van der Waals surface area contributed by atoms with Gasteiger partial charge in [-0.1, -0.05) is 13.8 Å². The third-order valence-electron chi connectivity index (χ3n) is 4.25. The van der Waals surface area contributed by atoms with Crippen LogP contribution in [0.4, 0.5) is 0 Å². The molecule has 0 radical (unpaired) electrons. The van der Waals surface area contributed by atoms with Gasteiger partial charge in [0.25, 0.3) is 17.7 Å². The first kappa shape index (κ1) is 22.0. The number of rotatable bonds is 7. The van der Waals surface area contributed by atoms with Gasteiger partial charge in [0.2, 0.25) is 0 Å². The van der Waals surface area contributed by atoms with Gasteiger partial charge in [-0.05, 0) is 57.0 Å². The van der Waals surface area contributed by atoms with Crippen LogP contribution in [0.25, 0.3) is 0 Å². The Morgan fingerprint density at radius 3 is 2.21 bits per heavy atom. The molecule has 0 aliphatic carbocycles. The summed E-state index contributed by atoms with van der Waals surface area (Å²) in [6, 6.07) is 7.39. The summed E-state index contributed by atoms with van der Waals surface area (Å²) in [5, 5.41) is 2.70. The molecule has 0 saturated heterocycles. The van der Waals surface area contributed by atoms with Gasteiger partial charge in [0.1, 0.15) is 23.3 Å². The number of amides is 3. The van der Waals surface area contributed by atoms with E-state index in [9.17, 15) is 14.4 Å². The third-order valence-corrected chi connectivity index (χ3v) is 4.25. The van der Waals surface area contributed by atoms with Crippen molar-refractivity contribution in [1.82, 2.24) is 16.2 Å². The van der Waals surface area contributed by atoms with Crippen molar-refractivity contribution in [2.45, 2.75) is 40.7 Å². The van der Waals surface area contributed by atoms with Gasteiger partial charge < -0.3 is 14.5 Å². The number of ether oxygens (including phenoxy) is 1. The second kappa shape index (κ2) is 9.77. The largest absolute Gasteiger partial charge is 0.494 e. The number of furan rings is 1. The van der Waals surface area contributed by atoms with E-state index in [-0.39, 0.29) is 5.92 Å². The molecule has 3 N–H and O–H groups in total. The smallest absolute Gasteiger partial charge is 0.273 e. The Labute approximate surface area is 170 Å². The van der Waals surface area contributed by atoms with Gasteiger partial charge in [-0.3, -0.25) is 25.2 Å². The number of hydrogen-bond acceptors (Lipinski definition) is 5. The minimum Gasteiger partial charge on any atom is -0.494 e. The van der Waals surface area contributed by atoms with Gasteiger partial charge in [-0.25, -0.2) is 0 Å². The molecule has 1 aromatic heterocycles. The first-order chi connectivity index (χ1) is 13.7. The van der Waals surface area contributed by atoms with E-state index in [4.69, 9.17) is 9.15 Å². The predicted octanol–water partition coefficient (Wildman–Crippen LogP) is 2.51. The molecule has 1 aromatic carbocycles. The lowest BCUT2D eigenvalue weighted by Crippen LogP contribution is -2.54. The van der Waals surface area contributed by atoms with Gasteiger partial charge in [0, 0.05) is 5.56 Å². The second-order valence-corrected chi connectivity index (χ2v) is 6.92. The molecule has 3 amide bonds. The standard InChI is InChI=1S/C21H27N3O5/c1-6-28-16-9-7-15(8-10-16)19(25)22-18(12(2)3)21(27)24-23-20(26)17-11-13(4)29-14(17)5/h7-12,18H,6H2,1-5H3,(H,22,25)(H,23,26)(H,24,27). The molecule has 1 heterocycles. The Kier molecular flexibility index (Phi) is 7.41. The highest BCUT2D eigenvalue weighted by atomic mass is 16.5. The zero-order valence-corrected chi connectivity index (χ0v) is 17.3. The molecule has 0 aliphatic rings. The van der Waals surface area contributed by atoms with Crippen LogP contribution in [0.5, 0.6) is 5.75 Å². The van der Waals surface area contributed by atoms with Crippen molar-refractivity contribution in [1.29, 1.82) is 0 Å². The number of nitrogens with one attached hydrogen (secondary N) is 3. The Balaban J connectivity index is 1.98. The van der Waals surface area contributed by atoms with Gasteiger partial charge in [-0.15, -0.1) is 0 Å². The predicted molar refractivity (Wildman–Crippen MR) is 107 cm³/mol. The lowest BCUT2D eigenvalue weighted by molar-refractivity contribution is -0.124. The summed E-state index contributed by atoms with van der Waals surface area (Å²) in [4.78, 5) is 37.3. The van der Waals surface area contributed by atoms with E-state index in [0.29, 0.717) is 35.0 Å². The molecule has 8 heteroatoms. The molecule has 0 bridgehead atoms. The summed E-state index contributed by atoms with van der Waals surface area (Å²) in [5.41, 5.74) is 5.46. The molecule has 2 rings (SSSR count). The first-order valence-electron chi connectivity index (χ1n) is 9.43. The highest BCUT2D eigenvalue weighted by molar-refractivity contribution is 5.99. The maximum Gasteiger partial charge on any atom is 0.273 e. The maximum absolute atomic E-state index is 12.5. The van der Waals surface area contributed by atoms with Crippen LogP contribution in [0.2, 0.25) is 0 Å². The fourth-order valence-electron chi connectivity index (χ4n) is 2.75. The Bertz CT molecular complexity index is 871. The molecule has 0 spiro atoms. The Morgan fingerprint density at radius 1 is 1.03 bits per heavy atom. The number of hydrazine groups is 1. The zero-order valence-electron chi connectivity index (χ0n) is 17.3. The van der Waals surface area contributed by atoms with Crippen molar-refractivity contribution in [2.24, 2.45) is 5.92 Å². The molecule has 1 unspecified atom stereocenters. The van der Waals surface area contributed by atoms with Crippen LogP contribution in [-0.2, 0) is 4.79 Å². The van der Waals surface area contributed by atoms with Crippen LogP contribution in [0.3, 0.4) is 0 Å². The molecular weight excluding hydrogens is 374 g/mol. The van der Waals surface area contributed by atoms with Gasteiger partial charge >= 0.3 is 0 Å². The SMILES string of the molecule is CCOc1ccc(C(=O)NC(C(=O)NNC(=O)c2cc(C)oc2C)C(C)C)cc1. The van der Waals surface area contributed by atoms with E-state index in [1.807, 2.05) is 6.92 Å². The van der Waals surface area contributed by atoms with Crippen molar-refractivity contribution in [3.8, 4) is 5.75 Å². The molecule has 8 nitrogen and oxygen atoms in total. The van der Waals surface area contributed by atoms with Gasteiger partial charge in [0.15, 0.2) is 0 Å². The maximum atomic E-state index is 12.5. The van der Waals surface area contributed by atoms with Gasteiger partial charge in [0.05, 0.1) is 12.2 Å². The molecule has 156 valence electrons. The van der Waals surface area contributed by atoms with E-state index in [0.717, 1.165) is 0 Å². The van der Waals surface area contributed by atoms with Crippen molar-refractivity contribution in [3.63, 3.8) is 0 Å². The summed E-state index contributed by atoms with van der Waals surface area (Å²) < 4.78 is 10.7. The molecular formula is C21H27N3O5. The van der Waals surface area contributed by atoms with Crippen LogP contribution in [-0.4, -0.2) is 30.4 Å². The number of carbonyl (C=O) groups excluding carboxylic acids is 3. The number of carbonyl (C=O) groups is 3. The molecule has 2 aromatic rings. The minimum absolute atomic E-state index is 0.198. The Morgan fingerprint density at radius 2 is 1.69 bits per heavy atom. The van der Waals surface area contributed by atoms with Crippen molar-refractivity contribution >= 4 is 17.7 Å². The third kappa shape index (κ3) is 5.84. The average molecular weight is 401 g/mol. The van der Waals surface area contributed by atoms with E-state index >= 15 is 0 Å². The van der Waals surface area contributed by atoms with E-state index in [2.05, 4.69) is 16.2 Å². The Hall–Kier alpha value is -3.29. The van der Waals surface area contributed by atoms with Crippen LogP contribution in [0.1, 0.15) is 53.0 Å². The molecule has 0 aliphatic heterocycles. The molecule has 1 atom stereocenters. The van der Waals surface area contributed by atoms with Crippen LogP contribution < -0.4 is 20.9 Å². The highest BCUT2D eigenvalue weighted by Gasteiger charge is 2.25. The van der Waals surface area contributed by atoms with E-state index < -0.39 is 23.8 Å². The van der Waals surface area contributed by atoms with Crippen molar-refractivity contribution in [3.05, 3.63) is 53.0 Å². The van der Waals surface area contributed by atoms with Gasteiger partial charge in [-0.2, -0.15) is 0 Å². The lowest BCUT2D eigenvalue weighted by atomic mass is 10.0. The average Bonchev–Trinajstić information content (AvgIpc) is 3.02. The molecule has 29 heavy (non-hydrogen) atoms. The summed E-state index contributed by atoms with van der Waals surface area (Å²) >= 11 is 0. The lowest BCUT2D eigenvalue weighted by Gasteiger charge is -2.22. The minimum atomic E-state index is -0.832. The second-order valence-electron chi connectivity index (χ2n) is 6.92. The highest BCUT2D eigenvalue weighted by Crippen LogP contribution is 2.14. The monoisotopic (exact) mass is 401 g/mol. The fourth-order valence-corrected chi connectivity index (χ4v) is 2.75. The fraction of sp³-hybridized carbons (Fsp3) is 0.381. The number of benzene rings is 1. The topological polar surface area (TPSA) is 110 Å². The van der Waals surface area contributed by atoms with Crippen molar-refractivity contribution in [2.75, 3.05) is 6.61 Å². The first-order valence-corrected chi connectivity index (χ1v) is 9.43. The van der Waals surface area contributed by atoms with Crippen LogP contribution in [0.15, 0.2) is 34.7 Å². The normalized spacial score (nSPS) is 11.7. The van der Waals surface area contributed by atoms with E-state index in [1.165, 1.54) is 0 Å². The molecule has 0 fully saturated rings.